The van der Waals surface area contributed by atoms with Crippen molar-refractivity contribution in [2.75, 3.05) is 44.2 Å². The molecule has 2 unspecified atom stereocenters. The summed E-state index contributed by atoms with van der Waals surface area (Å²) in [4.78, 5) is 36.5. The molecule has 0 bridgehead atoms. The quantitative estimate of drug-likeness (QED) is 0.724. The van der Waals surface area contributed by atoms with E-state index in [-0.39, 0.29) is 30.2 Å². The van der Waals surface area contributed by atoms with Gasteiger partial charge >= 0.3 is 0 Å². The predicted octanol–water partition coefficient (Wildman–Crippen LogP) is 2.45. The van der Waals surface area contributed by atoms with Crippen LogP contribution in [-0.4, -0.2) is 65.9 Å². The van der Waals surface area contributed by atoms with E-state index in [0.29, 0.717) is 13.1 Å². The highest BCUT2D eigenvalue weighted by Crippen LogP contribution is 2.28. The molecule has 0 spiro atoms. The number of likely N-dealkylation sites (tertiary alicyclic amines) is 1. The van der Waals surface area contributed by atoms with Crippen LogP contribution in [0.4, 0.5) is 5.82 Å². The maximum atomic E-state index is 12.8. The number of aromatic nitrogens is 1. The van der Waals surface area contributed by atoms with Gasteiger partial charge in [-0.1, -0.05) is 37.3 Å². The smallest absolute Gasteiger partial charge is 0.225 e. The topological polar surface area (TPSA) is 68.8 Å². The minimum Gasteiger partial charge on any atom is -0.354 e. The lowest BCUT2D eigenvalue weighted by molar-refractivity contribution is -0.130. The van der Waals surface area contributed by atoms with Crippen molar-refractivity contribution in [1.29, 1.82) is 0 Å². The van der Waals surface area contributed by atoms with Gasteiger partial charge in [-0.3, -0.25) is 9.59 Å². The Balaban J connectivity index is 1.31. The molecule has 0 aliphatic carbocycles. The Morgan fingerprint density at radius 2 is 1.91 bits per heavy atom. The van der Waals surface area contributed by atoms with Crippen molar-refractivity contribution in [3.63, 3.8) is 0 Å². The van der Waals surface area contributed by atoms with Gasteiger partial charge in [-0.2, -0.15) is 0 Å². The molecular formula is C25H33N5O2. The van der Waals surface area contributed by atoms with Gasteiger partial charge < -0.3 is 20.0 Å². The molecule has 2 fully saturated rings. The average molecular weight is 436 g/mol. The SMILES string of the molecule is CCN1CCN(c2cc(CNC(=O)C3CC(=O)N(C(C)c4ccccc4)C3)ccn2)CC1. The number of piperazine rings is 1. The third-order valence-corrected chi connectivity index (χ3v) is 6.70. The molecule has 2 aromatic rings. The molecule has 170 valence electrons. The number of nitrogens with one attached hydrogen (secondary N) is 1. The van der Waals surface area contributed by atoms with Crippen LogP contribution in [0.25, 0.3) is 0 Å². The van der Waals surface area contributed by atoms with E-state index in [1.807, 2.05) is 54.4 Å². The normalized spacial score (nSPS) is 20.4. The first kappa shape index (κ1) is 22.3. The predicted molar refractivity (Wildman–Crippen MR) is 125 cm³/mol. The number of hydrogen-bond donors (Lipinski definition) is 1. The number of anilines is 1. The molecule has 1 aromatic carbocycles. The molecule has 1 N–H and O–H groups in total. The molecule has 0 radical (unpaired) electrons. The van der Waals surface area contributed by atoms with Crippen LogP contribution >= 0.6 is 0 Å². The second-order valence-corrected chi connectivity index (χ2v) is 8.70. The summed E-state index contributed by atoms with van der Waals surface area (Å²) in [7, 11) is 0. The van der Waals surface area contributed by atoms with E-state index in [2.05, 4.69) is 33.1 Å². The van der Waals surface area contributed by atoms with E-state index in [9.17, 15) is 9.59 Å². The minimum absolute atomic E-state index is 0.0302. The first-order valence-electron chi connectivity index (χ1n) is 11.6. The Hall–Kier alpha value is -2.93. The number of likely N-dealkylation sites (N-methyl/N-ethyl adjacent to an activating group) is 1. The van der Waals surface area contributed by atoms with Gasteiger partial charge in [0.25, 0.3) is 0 Å². The van der Waals surface area contributed by atoms with Crippen LogP contribution < -0.4 is 10.2 Å². The number of rotatable bonds is 7. The Kier molecular flexibility index (Phi) is 7.05. The molecular weight excluding hydrogens is 402 g/mol. The number of carbonyl (C=O) groups excluding carboxylic acids is 2. The molecule has 1 aromatic heterocycles. The van der Waals surface area contributed by atoms with Gasteiger partial charge in [0, 0.05) is 51.9 Å². The first-order chi connectivity index (χ1) is 15.5. The summed E-state index contributed by atoms with van der Waals surface area (Å²) in [5, 5.41) is 3.03. The zero-order valence-electron chi connectivity index (χ0n) is 19.0. The van der Waals surface area contributed by atoms with Gasteiger partial charge in [-0.05, 0) is 36.7 Å². The zero-order valence-corrected chi connectivity index (χ0v) is 19.0. The van der Waals surface area contributed by atoms with Crippen LogP contribution in [0, 0.1) is 5.92 Å². The monoisotopic (exact) mass is 435 g/mol. The van der Waals surface area contributed by atoms with Gasteiger partial charge in [0.05, 0.1) is 12.0 Å². The number of hydrogen-bond acceptors (Lipinski definition) is 5. The highest BCUT2D eigenvalue weighted by molar-refractivity contribution is 5.89. The molecule has 7 nitrogen and oxygen atoms in total. The van der Waals surface area contributed by atoms with E-state index in [4.69, 9.17) is 0 Å². The molecule has 2 saturated heterocycles. The molecule has 4 rings (SSSR count). The van der Waals surface area contributed by atoms with Crippen LogP contribution in [0.5, 0.6) is 0 Å². The largest absolute Gasteiger partial charge is 0.354 e. The maximum Gasteiger partial charge on any atom is 0.225 e. The number of nitrogens with zero attached hydrogens (tertiary/aromatic N) is 4. The summed E-state index contributed by atoms with van der Waals surface area (Å²) in [6, 6.07) is 13.9. The molecule has 32 heavy (non-hydrogen) atoms. The number of amides is 2. The molecule has 2 aliphatic rings. The number of pyridine rings is 1. The molecule has 2 aliphatic heterocycles. The van der Waals surface area contributed by atoms with Crippen LogP contribution in [-0.2, 0) is 16.1 Å². The van der Waals surface area contributed by atoms with E-state index >= 15 is 0 Å². The summed E-state index contributed by atoms with van der Waals surface area (Å²) in [6.45, 7) is 10.2. The van der Waals surface area contributed by atoms with Crippen LogP contribution in [0.3, 0.4) is 0 Å². The highest BCUT2D eigenvalue weighted by atomic mass is 16.2. The fraction of sp³-hybridized carbons (Fsp3) is 0.480. The summed E-state index contributed by atoms with van der Waals surface area (Å²) in [5.74, 6) is 0.637. The van der Waals surface area contributed by atoms with Gasteiger partial charge in [0.2, 0.25) is 11.8 Å². The molecule has 0 saturated carbocycles. The van der Waals surface area contributed by atoms with Gasteiger partial charge in [-0.25, -0.2) is 4.98 Å². The van der Waals surface area contributed by atoms with Crippen molar-refractivity contribution in [1.82, 2.24) is 20.1 Å². The van der Waals surface area contributed by atoms with Gasteiger partial charge in [-0.15, -0.1) is 0 Å². The Morgan fingerprint density at radius 3 is 2.62 bits per heavy atom. The third-order valence-electron chi connectivity index (χ3n) is 6.70. The fourth-order valence-electron chi connectivity index (χ4n) is 4.56. The maximum absolute atomic E-state index is 12.8. The fourth-order valence-corrected chi connectivity index (χ4v) is 4.56. The van der Waals surface area contributed by atoms with Crippen molar-refractivity contribution in [3.05, 3.63) is 59.8 Å². The van der Waals surface area contributed by atoms with Crippen LogP contribution in [0.2, 0.25) is 0 Å². The lowest BCUT2D eigenvalue weighted by atomic mass is 10.1. The van der Waals surface area contributed by atoms with Crippen LogP contribution in [0.1, 0.15) is 37.4 Å². The van der Waals surface area contributed by atoms with Crippen molar-refractivity contribution in [2.45, 2.75) is 32.9 Å². The van der Waals surface area contributed by atoms with Gasteiger partial charge in [0.1, 0.15) is 5.82 Å². The van der Waals surface area contributed by atoms with Crippen molar-refractivity contribution < 1.29 is 9.59 Å². The second kappa shape index (κ2) is 10.1. The molecule has 7 heteroatoms. The summed E-state index contributed by atoms with van der Waals surface area (Å²) in [5.41, 5.74) is 2.12. The van der Waals surface area contributed by atoms with E-state index < -0.39 is 0 Å². The standard InChI is InChI=1S/C25H33N5O2/c1-3-28-11-13-29(14-12-28)23-15-20(9-10-26-23)17-27-25(32)22-16-24(31)30(18-22)19(2)21-7-5-4-6-8-21/h4-10,15,19,22H,3,11-14,16-18H2,1-2H3,(H,27,32). The Morgan fingerprint density at radius 1 is 1.16 bits per heavy atom. The summed E-state index contributed by atoms with van der Waals surface area (Å²) < 4.78 is 0. The molecule has 3 heterocycles. The van der Waals surface area contributed by atoms with Crippen molar-refractivity contribution in [3.8, 4) is 0 Å². The highest BCUT2D eigenvalue weighted by Gasteiger charge is 2.36. The summed E-state index contributed by atoms with van der Waals surface area (Å²) >= 11 is 0. The Labute approximate surface area is 190 Å². The average Bonchev–Trinajstić information content (AvgIpc) is 3.24. The third kappa shape index (κ3) is 5.10. The second-order valence-electron chi connectivity index (χ2n) is 8.70. The number of carbonyl (C=O) groups is 2. The lowest BCUT2D eigenvalue weighted by Gasteiger charge is -2.34. The van der Waals surface area contributed by atoms with Crippen LogP contribution in [0.15, 0.2) is 48.7 Å². The van der Waals surface area contributed by atoms with E-state index in [1.165, 1.54) is 0 Å². The minimum atomic E-state index is -0.308. The molecule has 2 amide bonds. The molecule has 2 atom stereocenters. The van der Waals surface area contributed by atoms with Gasteiger partial charge in [0.15, 0.2) is 0 Å². The Bertz CT molecular complexity index is 927. The lowest BCUT2D eigenvalue weighted by Crippen LogP contribution is -2.46. The van der Waals surface area contributed by atoms with Crippen molar-refractivity contribution in [2.24, 2.45) is 5.92 Å². The first-order valence-corrected chi connectivity index (χ1v) is 11.6. The zero-order chi connectivity index (χ0) is 22.5. The number of benzene rings is 1. The van der Waals surface area contributed by atoms with E-state index in [0.717, 1.165) is 49.7 Å². The summed E-state index contributed by atoms with van der Waals surface area (Å²) in [6.07, 6.45) is 2.08. The van der Waals surface area contributed by atoms with Crippen molar-refractivity contribution >= 4 is 17.6 Å². The van der Waals surface area contributed by atoms with E-state index in [1.54, 1.807) is 0 Å².